The number of ether oxygens (including phenoxy) is 1. The summed E-state index contributed by atoms with van der Waals surface area (Å²) in [5.41, 5.74) is 2.24. The molecule has 2 aliphatic rings. The maximum absolute atomic E-state index is 13.7. The minimum atomic E-state index is -3.87. The Morgan fingerprint density at radius 1 is 1.16 bits per heavy atom. The Labute approximate surface area is 187 Å². The Kier molecular flexibility index (Phi) is 8.55. The first kappa shape index (κ1) is 23.8. The number of nitrogens with one attached hydrogen (secondary N) is 1. The zero-order chi connectivity index (χ0) is 22.3. The molecule has 172 valence electrons. The van der Waals surface area contributed by atoms with Crippen molar-refractivity contribution in [1.29, 1.82) is 0 Å². The van der Waals surface area contributed by atoms with Crippen molar-refractivity contribution in [3.8, 4) is 5.75 Å². The van der Waals surface area contributed by atoms with Crippen molar-refractivity contribution in [2.75, 3.05) is 20.2 Å². The molecule has 0 spiro atoms. The number of benzene rings is 1. The summed E-state index contributed by atoms with van der Waals surface area (Å²) in [7, 11) is -2.40. The number of hydrogen-bond donors (Lipinski definition) is 1. The number of carbonyl (C=O) groups excluding carboxylic acids is 1. The fourth-order valence-electron chi connectivity index (χ4n) is 4.58. The molecule has 1 aromatic carbocycles. The van der Waals surface area contributed by atoms with Crippen LogP contribution in [0.3, 0.4) is 0 Å². The number of nitrogens with zero attached hydrogens (tertiary/aromatic N) is 1. The summed E-state index contributed by atoms with van der Waals surface area (Å²) in [5, 5.41) is 2.95. The van der Waals surface area contributed by atoms with Gasteiger partial charge in [0.15, 0.2) is 0 Å². The summed E-state index contributed by atoms with van der Waals surface area (Å²) in [5.74, 6) is 0.0771. The van der Waals surface area contributed by atoms with Gasteiger partial charge in [-0.3, -0.25) is 4.79 Å². The Hall–Kier alpha value is -1.86. The summed E-state index contributed by atoms with van der Waals surface area (Å²) in [6, 6.07) is 4.99. The van der Waals surface area contributed by atoms with E-state index in [2.05, 4.69) is 11.4 Å². The van der Waals surface area contributed by atoms with Crippen molar-refractivity contribution in [2.45, 2.75) is 82.1 Å². The van der Waals surface area contributed by atoms with Crippen molar-refractivity contribution >= 4 is 15.9 Å². The molecular weight excluding hydrogens is 412 g/mol. The molecule has 0 radical (unpaired) electrons. The first-order chi connectivity index (χ1) is 14.9. The van der Waals surface area contributed by atoms with E-state index in [1.54, 1.807) is 12.1 Å². The second-order valence-electron chi connectivity index (χ2n) is 8.70. The van der Waals surface area contributed by atoms with Gasteiger partial charge >= 0.3 is 0 Å². The summed E-state index contributed by atoms with van der Waals surface area (Å²) in [4.78, 5) is 12.9. The molecule has 0 bridgehead atoms. The molecule has 1 aromatic rings. The van der Waals surface area contributed by atoms with Crippen molar-refractivity contribution < 1.29 is 17.9 Å². The van der Waals surface area contributed by atoms with E-state index in [-0.39, 0.29) is 23.4 Å². The summed E-state index contributed by atoms with van der Waals surface area (Å²) in [6.45, 7) is 2.26. The number of hydrogen-bond acceptors (Lipinski definition) is 4. The lowest BCUT2D eigenvalue weighted by Gasteiger charge is -2.33. The molecule has 1 amide bonds. The van der Waals surface area contributed by atoms with Crippen LogP contribution in [0.25, 0.3) is 0 Å². The van der Waals surface area contributed by atoms with Gasteiger partial charge in [-0.2, -0.15) is 4.31 Å². The molecule has 31 heavy (non-hydrogen) atoms. The molecule has 1 N–H and O–H groups in total. The van der Waals surface area contributed by atoms with Gasteiger partial charge in [0, 0.05) is 12.6 Å². The fraction of sp³-hybridized carbons (Fsp3) is 0.625. The van der Waals surface area contributed by atoms with Gasteiger partial charge in [0.2, 0.25) is 15.9 Å². The van der Waals surface area contributed by atoms with E-state index in [1.165, 1.54) is 29.8 Å². The van der Waals surface area contributed by atoms with Crippen LogP contribution < -0.4 is 10.1 Å². The highest BCUT2D eigenvalue weighted by Crippen LogP contribution is 2.32. The Morgan fingerprint density at radius 2 is 1.94 bits per heavy atom. The highest BCUT2D eigenvalue weighted by Gasteiger charge is 2.35. The molecule has 7 heteroatoms. The van der Waals surface area contributed by atoms with Crippen LogP contribution in [0.1, 0.15) is 69.8 Å². The molecule has 1 saturated carbocycles. The van der Waals surface area contributed by atoms with Gasteiger partial charge < -0.3 is 10.1 Å². The molecule has 0 heterocycles. The summed E-state index contributed by atoms with van der Waals surface area (Å²) in [6.07, 6.45) is 12.4. The van der Waals surface area contributed by atoms with Crippen LogP contribution in [0.2, 0.25) is 0 Å². The molecule has 3 rings (SSSR count). The first-order valence-electron chi connectivity index (χ1n) is 11.5. The predicted molar refractivity (Wildman–Crippen MR) is 123 cm³/mol. The minimum absolute atomic E-state index is 0.140. The van der Waals surface area contributed by atoms with Crippen molar-refractivity contribution in [1.82, 2.24) is 9.62 Å². The second kappa shape index (κ2) is 11.1. The van der Waals surface area contributed by atoms with Gasteiger partial charge in [0.25, 0.3) is 0 Å². The smallest absolute Gasteiger partial charge is 0.247 e. The van der Waals surface area contributed by atoms with Crippen LogP contribution in [0.4, 0.5) is 0 Å². The number of sulfonamides is 1. The van der Waals surface area contributed by atoms with Crippen molar-refractivity contribution in [3.05, 3.63) is 35.4 Å². The number of carbonyl (C=O) groups is 1. The second-order valence-corrected chi connectivity index (χ2v) is 10.6. The maximum Gasteiger partial charge on any atom is 0.247 e. The summed E-state index contributed by atoms with van der Waals surface area (Å²) < 4.78 is 34.1. The highest BCUT2D eigenvalue weighted by atomic mass is 32.2. The third-order valence-electron chi connectivity index (χ3n) is 6.34. The Morgan fingerprint density at radius 3 is 2.61 bits per heavy atom. The normalized spacial score (nSPS) is 18.0. The van der Waals surface area contributed by atoms with Gasteiger partial charge in [-0.25, -0.2) is 8.42 Å². The zero-order valence-corrected chi connectivity index (χ0v) is 19.7. The minimum Gasteiger partial charge on any atom is -0.495 e. The molecule has 0 aromatic heterocycles. The fourth-order valence-corrected chi connectivity index (χ4v) is 6.47. The lowest BCUT2D eigenvalue weighted by Crippen LogP contribution is -2.47. The SMILES string of the molecule is COc1ccc(C)cc1S(=O)(=O)N(CC(=O)NCCC1=CCCCC1)C1CCCCC1. The molecule has 2 aliphatic carbocycles. The maximum atomic E-state index is 13.7. The molecule has 1 fully saturated rings. The molecule has 0 atom stereocenters. The highest BCUT2D eigenvalue weighted by molar-refractivity contribution is 7.89. The number of methoxy groups -OCH3 is 1. The predicted octanol–water partition coefficient (Wildman–Crippen LogP) is 4.33. The van der Waals surface area contributed by atoms with Crippen LogP contribution >= 0.6 is 0 Å². The average molecular weight is 449 g/mol. The molecule has 0 saturated heterocycles. The van der Waals surface area contributed by atoms with E-state index in [4.69, 9.17) is 4.74 Å². The van der Waals surface area contributed by atoms with Crippen LogP contribution in [-0.2, 0) is 14.8 Å². The Bertz CT molecular complexity index is 889. The Balaban J connectivity index is 1.75. The van der Waals surface area contributed by atoms with Gasteiger partial charge in [-0.1, -0.05) is 37.0 Å². The topological polar surface area (TPSA) is 75.7 Å². The molecule has 0 unspecified atom stereocenters. The van der Waals surface area contributed by atoms with Crippen LogP contribution in [0, 0.1) is 6.92 Å². The van der Waals surface area contributed by atoms with Gasteiger partial charge in [0.05, 0.1) is 13.7 Å². The van der Waals surface area contributed by atoms with E-state index < -0.39 is 10.0 Å². The average Bonchev–Trinajstić information content (AvgIpc) is 2.78. The van der Waals surface area contributed by atoms with E-state index in [0.717, 1.165) is 56.9 Å². The number of amides is 1. The number of allylic oxidation sites excluding steroid dienone is 1. The number of aryl methyl sites for hydroxylation is 1. The van der Waals surface area contributed by atoms with E-state index in [0.29, 0.717) is 12.3 Å². The molecule has 6 nitrogen and oxygen atoms in total. The standard InChI is InChI=1S/C24H36N2O4S/c1-19-13-14-22(30-2)23(17-19)31(28,29)26(21-11-7-4-8-12-21)18-24(27)25-16-15-20-9-5-3-6-10-20/h9,13-14,17,21H,3-8,10-12,15-16,18H2,1-2H3,(H,25,27). The monoisotopic (exact) mass is 448 g/mol. The lowest BCUT2D eigenvalue weighted by atomic mass is 9.95. The van der Waals surface area contributed by atoms with Crippen LogP contribution in [-0.4, -0.2) is 44.9 Å². The molecule has 0 aliphatic heterocycles. The summed E-state index contributed by atoms with van der Waals surface area (Å²) >= 11 is 0. The van der Waals surface area contributed by atoms with Crippen LogP contribution in [0.15, 0.2) is 34.7 Å². The van der Waals surface area contributed by atoms with Gasteiger partial charge in [0.1, 0.15) is 10.6 Å². The van der Waals surface area contributed by atoms with E-state index >= 15 is 0 Å². The third kappa shape index (κ3) is 6.32. The largest absolute Gasteiger partial charge is 0.495 e. The van der Waals surface area contributed by atoms with Crippen LogP contribution in [0.5, 0.6) is 5.75 Å². The van der Waals surface area contributed by atoms with Gasteiger partial charge in [-0.05, 0) is 69.6 Å². The van der Waals surface area contributed by atoms with E-state index in [9.17, 15) is 13.2 Å². The van der Waals surface area contributed by atoms with Gasteiger partial charge in [-0.15, -0.1) is 0 Å². The van der Waals surface area contributed by atoms with Crippen molar-refractivity contribution in [2.24, 2.45) is 0 Å². The quantitative estimate of drug-likeness (QED) is 0.571. The third-order valence-corrected chi connectivity index (χ3v) is 8.26. The number of rotatable bonds is 9. The van der Waals surface area contributed by atoms with Crippen molar-refractivity contribution in [3.63, 3.8) is 0 Å². The lowest BCUT2D eigenvalue weighted by molar-refractivity contribution is -0.121. The first-order valence-corrected chi connectivity index (χ1v) is 13.0. The zero-order valence-electron chi connectivity index (χ0n) is 18.9. The van der Waals surface area contributed by atoms with E-state index in [1.807, 2.05) is 13.0 Å². The molecular formula is C24H36N2O4S.